The summed E-state index contributed by atoms with van der Waals surface area (Å²) in [5, 5.41) is 0. The third kappa shape index (κ3) is 6.10. The molecule has 19 heavy (non-hydrogen) atoms. The molecular formula is C12H13F3O4. The van der Waals surface area contributed by atoms with E-state index < -0.39 is 18.4 Å². The first-order chi connectivity index (χ1) is 8.89. The van der Waals surface area contributed by atoms with E-state index in [-0.39, 0.29) is 13.2 Å². The number of ether oxygens (including phenoxy) is 3. The average Bonchev–Trinajstić information content (AvgIpc) is 2.35. The zero-order valence-electron chi connectivity index (χ0n) is 10.1. The second kappa shape index (κ2) is 6.98. The van der Waals surface area contributed by atoms with Gasteiger partial charge in [-0.3, -0.25) is 0 Å². The Bertz CT molecular complexity index is 392. The minimum absolute atomic E-state index is 0.00119. The van der Waals surface area contributed by atoms with Crippen LogP contribution in [0.4, 0.5) is 13.2 Å². The molecule has 0 N–H and O–H groups in total. The predicted octanol–water partition coefficient (Wildman–Crippen LogP) is 2.53. The highest BCUT2D eigenvalue weighted by Gasteiger charge is 2.41. The summed E-state index contributed by atoms with van der Waals surface area (Å²) in [7, 11) is 0. The average molecular weight is 278 g/mol. The Kier molecular flexibility index (Phi) is 5.62. The molecule has 0 aliphatic rings. The number of esters is 1. The van der Waals surface area contributed by atoms with Gasteiger partial charge in [0, 0.05) is 0 Å². The van der Waals surface area contributed by atoms with E-state index in [1.54, 1.807) is 24.3 Å². The number of para-hydroxylation sites is 1. The third-order valence-electron chi connectivity index (χ3n) is 1.95. The summed E-state index contributed by atoms with van der Waals surface area (Å²) in [6.07, 6.45) is -6.30. The van der Waals surface area contributed by atoms with E-state index in [0.29, 0.717) is 5.75 Å². The summed E-state index contributed by atoms with van der Waals surface area (Å²) in [6, 6.07) is 8.84. The van der Waals surface area contributed by atoms with Crippen LogP contribution in [0.2, 0.25) is 0 Å². The van der Waals surface area contributed by atoms with Gasteiger partial charge in [-0.05, 0) is 19.1 Å². The van der Waals surface area contributed by atoms with Crippen molar-refractivity contribution in [1.29, 1.82) is 0 Å². The highest BCUT2D eigenvalue weighted by atomic mass is 19.4. The van der Waals surface area contributed by atoms with Gasteiger partial charge in [-0.1, -0.05) is 18.2 Å². The number of rotatable bonds is 6. The van der Waals surface area contributed by atoms with Crippen LogP contribution >= 0.6 is 0 Å². The van der Waals surface area contributed by atoms with Crippen molar-refractivity contribution in [1.82, 2.24) is 0 Å². The van der Waals surface area contributed by atoms with Crippen molar-refractivity contribution in [3.8, 4) is 5.75 Å². The van der Waals surface area contributed by atoms with Crippen LogP contribution in [0.25, 0.3) is 0 Å². The molecule has 1 unspecified atom stereocenters. The van der Waals surface area contributed by atoms with Crippen molar-refractivity contribution in [3.05, 3.63) is 30.3 Å². The lowest BCUT2D eigenvalue weighted by Crippen LogP contribution is -2.30. The smallest absolute Gasteiger partial charge is 0.491 e. The van der Waals surface area contributed by atoms with Crippen molar-refractivity contribution in [3.63, 3.8) is 0 Å². The van der Waals surface area contributed by atoms with Crippen molar-refractivity contribution in [2.75, 3.05) is 13.2 Å². The number of carbonyl (C=O) groups is 1. The van der Waals surface area contributed by atoms with Gasteiger partial charge in [0.1, 0.15) is 12.4 Å². The van der Waals surface area contributed by atoms with Gasteiger partial charge < -0.3 is 14.2 Å². The summed E-state index contributed by atoms with van der Waals surface area (Å²) in [6.45, 7) is 1.34. The molecule has 0 radical (unpaired) electrons. The fraction of sp³-hybridized carbons (Fsp3) is 0.417. The Morgan fingerprint density at radius 3 is 2.42 bits per heavy atom. The SMILES string of the molecule is CC(OCCOc1ccccc1)OC(=O)C(F)(F)F. The Hall–Kier alpha value is -1.76. The fourth-order valence-electron chi connectivity index (χ4n) is 1.14. The molecule has 0 bridgehead atoms. The first-order valence-electron chi connectivity index (χ1n) is 5.47. The maximum atomic E-state index is 11.9. The van der Waals surface area contributed by atoms with E-state index in [1.807, 2.05) is 6.07 Å². The largest absolute Gasteiger partial charge is 0.491 e. The van der Waals surface area contributed by atoms with Gasteiger partial charge in [-0.2, -0.15) is 13.2 Å². The highest BCUT2D eigenvalue weighted by molar-refractivity contribution is 5.75. The third-order valence-corrected chi connectivity index (χ3v) is 1.95. The van der Waals surface area contributed by atoms with Gasteiger partial charge in [0.25, 0.3) is 0 Å². The lowest BCUT2D eigenvalue weighted by molar-refractivity contribution is -0.223. The van der Waals surface area contributed by atoms with Crippen molar-refractivity contribution >= 4 is 5.97 Å². The van der Waals surface area contributed by atoms with Crippen LogP contribution < -0.4 is 4.74 Å². The van der Waals surface area contributed by atoms with Gasteiger partial charge in [0.05, 0.1) is 6.61 Å². The molecule has 0 spiro atoms. The lowest BCUT2D eigenvalue weighted by Gasteiger charge is -2.15. The molecule has 0 heterocycles. The summed E-state index contributed by atoms with van der Waals surface area (Å²) >= 11 is 0. The maximum Gasteiger partial charge on any atom is 0.491 e. The molecular weight excluding hydrogens is 265 g/mol. The molecule has 0 saturated heterocycles. The monoisotopic (exact) mass is 278 g/mol. The standard InChI is InChI=1S/C12H13F3O4/c1-9(19-11(16)12(13,14)15)17-7-8-18-10-5-3-2-4-6-10/h2-6,9H,7-8H2,1H3. The molecule has 0 aliphatic heterocycles. The van der Waals surface area contributed by atoms with E-state index in [2.05, 4.69) is 4.74 Å². The molecule has 0 aliphatic carbocycles. The normalized spacial score (nSPS) is 12.8. The number of hydrogen-bond donors (Lipinski definition) is 0. The zero-order chi connectivity index (χ0) is 14.3. The summed E-state index contributed by atoms with van der Waals surface area (Å²) < 4.78 is 49.7. The van der Waals surface area contributed by atoms with Gasteiger partial charge in [0.2, 0.25) is 6.29 Å². The molecule has 1 aromatic carbocycles. The first-order valence-corrected chi connectivity index (χ1v) is 5.47. The zero-order valence-corrected chi connectivity index (χ0v) is 10.1. The Morgan fingerprint density at radius 2 is 1.84 bits per heavy atom. The van der Waals surface area contributed by atoms with Crippen LogP contribution in [-0.4, -0.2) is 31.6 Å². The second-order valence-electron chi connectivity index (χ2n) is 3.50. The highest BCUT2D eigenvalue weighted by Crippen LogP contribution is 2.17. The second-order valence-corrected chi connectivity index (χ2v) is 3.50. The van der Waals surface area contributed by atoms with Crippen LogP contribution in [0.1, 0.15) is 6.92 Å². The number of carbonyl (C=O) groups excluding carboxylic acids is 1. The van der Waals surface area contributed by atoms with Gasteiger partial charge in [-0.15, -0.1) is 0 Å². The van der Waals surface area contributed by atoms with Crippen molar-refractivity contribution in [2.45, 2.75) is 19.4 Å². The molecule has 4 nitrogen and oxygen atoms in total. The summed E-state index contributed by atoms with van der Waals surface area (Å²) in [5.41, 5.74) is 0. The Morgan fingerprint density at radius 1 is 1.21 bits per heavy atom. The van der Waals surface area contributed by atoms with Crippen LogP contribution in [0.15, 0.2) is 30.3 Å². The molecule has 0 saturated carbocycles. The lowest BCUT2D eigenvalue weighted by atomic mass is 10.3. The molecule has 1 rings (SSSR count). The molecule has 7 heteroatoms. The molecule has 0 fully saturated rings. The minimum Gasteiger partial charge on any atom is -0.491 e. The van der Waals surface area contributed by atoms with E-state index >= 15 is 0 Å². The van der Waals surface area contributed by atoms with E-state index in [0.717, 1.165) is 0 Å². The van der Waals surface area contributed by atoms with E-state index in [9.17, 15) is 18.0 Å². The van der Waals surface area contributed by atoms with E-state index in [4.69, 9.17) is 9.47 Å². The fourth-order valence-corrected chi connectivity index (χ4v) is 1.14. The predicted molar refractivity (Wildman–Crippen MR) is 59.5 cm³/mol. The van der Waals surface area contributed by atoms with Crippen LogP contribution in [0, 0.1) is 0 Å². The van der Waals surface area contributed by atoms with Gasteiger partial charge >= 0.3 is 12.1 Å². The molecule has 106 valence electrons. The van der Waals surface area contributed by atoms with Gasteiger partial charge in [0.15, 0.2) is 0 Å². The number of benzene rings is 1. The summed E-state index contributed by atoms with van der Waals surface area (Å²) in [5.74, 6) is -1.66. The molecule has 0 aromatic heterocycles. The molecule has 0 amide bonds. The maximum absolute atomic E-state index is 11.9. The van der Waals surface area contributed by atoms with Crippen LogP contribution in [0.3, 0.4) is 0 Å². The first kappa shape index (κ1) is 15.3. The molecule has 1 aromatic rings. The quantitative estimate of drug-likeness (QED) is 0.455. The van der Waals surface area contributed by atoms with E-state index in [1.165, 1.54) is 6.92 Å². The number of hydrogen-bond acceptors (Lipinski definition) is 4. The van der Waals surface area contributed by atoms with Crippen LogP contribution in [0.5, 0.6) is 5.75 Å². The number of alkyl halides is 3. The topological polar surface area (TPSA) is 44.8 Å². The van der Waals surface area contributed by atoms with Crippen molar-refractivity contribution in [2.24, 2.45) is 0 Å². The Balaban J connectivity index is 2.17. The minimum atomic E-state index is -5.02. The van der Waals surface area contributed by atoms with Gasteiger partial charge in [-0.25, -0.2) is 4.79 Å². The summed E-state index contributed by atoms with van der Waals surface area (Å²) in [4.78, 5) is 10.5. The number of halogens is 3. The van der Waals surface area contributed by atoms with Crippen LogP contribution in [-0.2, 0) is 14.3 Å². The van der Waals surface area contributed by atoms with Crippen molar-refractivity contribution < 1.29 is 32.2 Å². The molecule has 1 atom stereocenters. The Labute approximate surface area is 108 Å².